The van der Waals surface area contributed by atoms with Gasteiger partial charge in [-0.1, -0.05) is 46.1 Å². The Labute approximate surface area is 120 Å². The van der Waals surface area contributed by atoms with E-state index in [4.69, 9.17) is 23.2 Å². The molecule has 1 N–H and O–H groups in total. The molecule has 0 aromatic heterocycles. The van der Waals surface area contributed by atoms with Crippen LogP contribution in [0.15, 0.2) is 23.1 Å². The lowest BCUT2D eigenvalue weighted by Gasteiger charge is -2.10. The Balaban J connectivity index is 2.86. The largest absolute Gasteiger partial charge is 0.240 e. The Morgan fingerprint density at radius 2 is 2.00 bits per heavy atom. The predicted octanol–water partition coefficient (Wildman–Crippen LogP) is 3.30. The van der Waals surface area contributed by atoms with Gasteiger partial charge >= 0.3 is 0 Å². The first kappa shape index (κ1) is 15.2. The van der Waals surface area contributed by atoms with Crippen molar-refractivity contribution >= 4 is 49.2 Å². The van der Waals surface area contributed by atoms with E-state index >= 15 is 0 Å². The molecule has 7 heteroatoms. The highest BCUT2D eigenvalue weighted by Crippen LogP contribution is 2.24. The van der Waals surface area contributed by atoms with Crippen LogP contribution in [0.25, 0.3) is 0 Å². The van der Waals surface area contributed by atoms with E-state index in [2.05, 4.69) is 20.7 Å². The quantitative estimate of drug-likeness (QED) is 0.819. The molecular weight excluding hydrogens is 349 g/mol. The molecule has 3 nitrogen and oxygen atoms in total. The second-order valence-corrected chi connectivity index (χ2v) is 6.92. The average Bonchev–Trinajstić information content (AvgIpc) is 2.29. The van der Waals surface area contributed by atoms with Gasteiger partial charge in [0.2, 0.25) is 10.0 Å². The molecule has 0 saturated carbocycles. The summed E-state index contributed by atoms with van der Waals surface area (Å²) in [6.45, 7) is 2.31. The van der Waals surface area contributed by atoms with Crippen molar-refractivity contribution in [3.8, 4) is 0 Å². The molecule has 17 heavy (non-hydrogen) atoms. The van der Waals surface area contributed by atoms with Gasteiger partial charge in [0.05, 0.1) is 14.9 Å². The number of halogens is 3. The van der Waals surface area contributed by atoms with Crippen molar-refractivity contribution in [2.45, 2.75) is 11.8 Å². The Kier molecular flexibility index (Phi) is 5.73. The summed E-state index contributed by atoms with van der Waals surface area (Å²) >= 11 is 14.8. The molecule has 1 atom stereocenters. The highest BCUT2D eigenvalue weighted by atomic mass is 79.9. The maximum atomic E-state index is 11.9. The SMILES string of the molecule is CC(CBr)CNS(=O)(=O)c1ccc(Cl)c(Cl)c1. The molecule has 1 rings (SSSR count). The van der Waals surface area contributed by atoms with Crippen LogP contribution in [0.1, 0.15) is 6.92 Å². The second-order valence-electron chi connectivity index (χ2n) is 3.69. The van der Waals surface area contributed by atoms with E-state index in [-0.39, 0.29) is 15.8 Å². The van der Waals surface area contributed by atoms with E-state index in [0.717, 1.165) is 5.33 Å². The fourth-order valence-corrected chi connectivity index (χ4v) is 2.82. The van der Waals surface area contributed by atoms with Gasteiger partial charge in [-0.05, 0) is 24.1 Å². The number of nitrogens with one attached hydrogen (secondary N) is 1. The van der Waals surface area contributed by atoms with E-state index in [1.54, 1.807) is 0 Å². The van der Waals surface area contributed by atoms with Crippen LogP contribution < -0.4 is 4.72 Å². The molecule has 96 valence electrons. The third kappa shape index (κ3) is 4.41. The van der Waals surface area contributed by atoms with Crippen LogP contribution in [0.4, 0.5) is 0 Å². The van der Waals surface area contributed by atoms with E-state index in [1.165, 1.54) is 18.2 Å². The zero-order valence-corrected chi connectivity index (χ0v) is 13.0. The van der Waals surface area contributed by atoms with Gasteiger partial charge in [0.15, 0.2) is 0 Å². The van der Waals surface area contributed by atoms with Gasteiger partial charge in [-0.2, -0.15) is 0 Å². The molecule has 0 radical (unpaired) electrons. The molecule has 1 unspecified atom stereocenters. The summed E-state index contributed by atoms with van der Waals surface area (Å²) < 4.78 is 26.3. The number of alkyl halides is 1. The van der Waals surface area contributed by atoms with Crippen LogP contribution in [0, 0.1) is 5.92 Å². The standard InChI is InChI=1S/C10H12BrCl2NO2S/c1-7(5-11)6-14-17(15,16)8-2-3-9(12)10(13)4-8/h2-4,7,14H,5-6H2,1H3. The van der Waals surface area contributed by atoms with Crippen molar-refractivity contribution in [3.63, 3.8) is 0 Å². The van der Waals surface area contributed by atoms with Gasteiger partial charge in [-0.15, -0.1) is 0 Å². The normalized spacial score (nSPS) is 13.6. The Morgan fingerprint density at radius 1 is 1.35 bits per heavy atom. The first-order valence-corrected chi connectivity index (χ1v) is 8.23. The topological polar surface area (TPSA) is 46.2 Å². The molecule has 1 aromatic carbocycles. The molecule has 0 aliphatic heterocycles. The van der Waals surface area contributed by atoms with Gasteiger partial charge in [0, 0.05) is 11.9 Å². The van der Waals surface area contributed by atoms with E-state index < -0.39 is 10.0 Å². The lowest BCUT2D eigenvalue weighted by Crippen LogP contribution is -2.28. The van der Waals surface area contributed by atoms with E-state index in [1.807, 2.05) is 6.92 Å². The van der Waals surface area contributed by atoms with E-state index in [9.17, 15) is 8.42 Å². The fourth-order valence-electron chi connectivity index (χ4n) is 1.03. The zero-order chi connectivity index (χ0) is 13.1. The van der Waals surface area contributed by atoms with Gasteiger partial charge in [-0.25, -0.2) is 13.1 Å². The summed E-state index contributed by atoms with van der Waals surface area (Å²) in [5, 5.41) is 1.29. The molecule has 0 amide bonds. The third-order valence-corrected chi connectivity index (χ3v) is 5.35. The molecule has 0 fully saturated rings. The smallest absolute Gasteiger partial charge is 0.211 e. The van der Waals surface area contributed by atoms with Gasteiger partial charge in [0.25, 0.3) is 0 Å². The maximum absolute atomic E-state index is 11.9. The molecule has 0 spiro atoms. The fraction of sp³-hybridized carbons (Fsp3) is 0.400. The zero-order valence-electron chi connectivity index (χ0n) is 9.08. The van der Waals surface area contributed by atoms with Crippen LogP contribution in [-0.2, 0) is 10.0 Å². The van der Waals surface area contributed by atoms with Crippen molar-refractivity contribution in [1.82, 2.24) is 4.72 Å². The van der Waals surface area contributed by atoms with Gasteiger partial charge < -0.3 is 0 Å². The Hall–Kier alpha value is 0.190. The van der Waals surface area contributed by atoms with E-state index in [0.29, 0.717) is 11.6 Å². The molecule has 0 aliphatic carbocycles. The first-order chi connectivity index (χ1) is 7.86. The minimum absolute atomic E-state index is 0.119. The van der Waals surface area contributed by atoms with Crippen molar-refractivity contribution in [2.75, 3.05) is 11.9 Å². The lowest BCUT2D eigenvalue weighted by molar-refractivity contribution is 0.563. The van der Waals surface area contributed by atoms with Crippen LogP contribution >= 0.6 is 39.1 Å². The van der Waals surface area contributed by atoms with Gasteiger partial charge in [0.1, 0.15) is 0 Å². The molecule has 0 aliphatic rings. The summed E-state index contributed by atoms with van der Waals surface area (Å²) in [6, 6.07) is 4.23. The van der Waals surface area contributed by atoms with Gasteiger partial charge in [-0.3, -0.25) is 0 Å². The molecular formula is C10H12BrCl2NO2S. The van der Waals surface area contributed by atoms with Crippen LogP contribution in [0.2, 0.25) is 10.0 Å². The third-order valence-electron chi connectivity index (χ3n) is 2.09. The van der Waals surface area contributed by atoms with Crippen molar-refractivity contribution in [2.24, 2.45) is 5.92 Å². The second kappa shape index (κ2) is 6.38. The average molecular weight is 361 g/mol. The summed E-state index contributed by atoms with van der Waals surface area (Å²) in [4.78, 5) is 0.119. The minimum atomic E-state index is -3.52. The van der Waals surface area contributed by atoms with Crippen molar-refractivity contribution < 1.29 is 8.42 Å². The molecule has 0 bridgehead atoms. The maximum Gasteiger partial charge on any atom is 0.240 e. The Morgan fingerprint density at radius 3 is 2.53 bits per heavy atom. The molecule has 1 aromatic rings. The first-order valence-electron chi connectivity index (χ1n) is 4.87. The lowest BCUT2D eigenvalue weighted by atomic mass is 10.2. The predicted molar refractivity (Wildman–Crippen MR) is 74.6 cm³/mol. The van der Waals surface area contributed by atoms with Crippen molar-refractivity contribution in [3.05, 3.63) is 28.2 Å². The summed E-state index contributed by atoms with van der Waals surface area (Å²) in [5.74, 6) is 0.215. The van der Waals surface area contributed by atoms with Crippen LogP contribution in [-0.4, -0.2) is 20.3 Å². The highest BCUT2D eigenvalue weighted by Gasteiger charge is 2.16. The summed E-state index contributed by atoms with van der Waals surface area (Å²) in [7, 11) is -3.52. The number of benzene rings is 1. The number of hydrogen-bond acceptors (Lipinski definition) is 2. The Bertz CT molecular complexity index is 493. The molecule has 0 saturated heterocycles. The number of hydrogen-bond donors (Lipinski definition) is 1. The van der Waals surface area contributed by atoms with Crippen LogP contribution in [0.3, 0.4) is 0 Å². The highest BCUT2D eigenvalue weighted by molar-refractivity contribution is 9.09. The summed E-state index contributed by atoms with van der Waals surface area (Å²) in [6.07, 6.45) is 0. The monoisotopic (exact) mass is 359 g/mol. The number of rotatable bonds is 5. The summed E-state index contributed by atoms with van der Waals surface area (Å²) in [5.41, 5.74) is 0. The van der Waals surface area contributed by atoms with Crippen LogP contribution in [0.5, 0.6) is 0 Å². The molecule has 0 heterocycles. The minimum Gasteiger partial charge on any atom is -0.211 e. The number of sulfonamides is 1. The van der Waals surface area contributed by atoms with Crippen molar-refractivity contribution in [1.29, 1.82) is 0 Å².